The highest BCUT2D eigenvalue weighted by Crippen LogP contribution is 2.55. The fraction of sp³-hybridized carbons (Fsp3) is 0.857. The Balaban J connectivity index is 2.26. The Bertz CT molecular complexity index is 214. The average molecular weight is 309 g/mol. The minimum atomic E-state index is -3.34. The molecule has 0 spiro atoms. The quantitative estimate of drug-likeness (QED) is 0.362. The lowest BCUT2D eigenvalue weighted by Gasteiger charge is -2.14. The summed E-state index contributed by atoms with van der Waals surface area (Å²) in [6, 6.07) is 0. The van der Waals surface area contributed by atoms with Gasteiger partial charge in [0.2, 0.25) is 0 Å². The smallest absolute Gasteiger partial charge is 0.307 e. The first-order valence-electron chi connectivity index (χ1n) is 3.72. The Labute approximate surface area is 84.6 Å². The van der Waals surface area contributed by atoms with Crippen molar-refractivity contribution in [2.45, 2.75) is 16.3 Å². The molecule has 0 bridgehead atoms. The SMILES string of the molecule is C=IC1(F)CC1COC(F)(F)NC. The van der Waals surface area contributed by atoms with Crippen LogP contribution in [-0.4, -0.2) is 28.1 Å². The first-order valence-corrected chi connectivity index (χ1v) is 6.33. The van der Waals surface area contributed by atoms with Gasteiger partial charge in [-0.3, -0.25) is 0 Å². The molecule has 1 N–H and O–H groups in total. The number of halogens is 4. The molecule has 6 heteroatoms. The van der Waals surface area contributed by atoms with Crippen LogP contribution in [0.3, 0.4) is 0 Å². The Hall–Kier alpha value is 0.310. The highest BCUT2D eigenvalue weighted by Gasteiger charge is 2.54. The van der Waals surface area contributed by atoms with Crippen molar-refractivity contribution in [1.29, 1.82) is 0 Å². The topological polar surface area (TPSA) is 21.3 Å². The molecule has 1 aliphatic rings. The zero-order valence-electron chi connectivity index (χ0n) is 7.12. The van der Waals surface area contributed by atoms with Crippen LogP contribution < -0.4 is 5.32 Å². The molecule has 0 radical (unpaired) electrons. The lowest BCUT2D eigenvalue weighted by atomic mass is 10.5. The number of rotatable bonds is 5. The zero-order chi connectivity index (χ0) is 10.1. The van der Waals surface area contributed by atoms with Gasteiger partial charge in [0, 0.05) is 5.92 Å². The number of hydrogen-bond acceptors (Lipinski definition) is 2. The molecule has 1 aliphatic carbocycles. The summed E-state index contributed by atoms with van der Waals surface area (Å²) in [7, 11) is 1.09. The van der Waals surface area contributed by atoms with Crippen molar-refractivity contribution in [2.75, 3.05) is 13.7 Å². The van der Waals surface area contributed by atoms with Crippen LogP contribution in [0.15, 0.2) is 0 Å². The molecule has 1 saturated carbocycles. The molecule has 0 aromatic heterocycles. The Kier molecular flexibility index (Phi) is 3.34. The fourth-order valence-electron chi connectivity index (χ4n) is 0.892. The number of ether oxygens (including phenoxy) is 1. The van der Waals surface area contributed by atoms with Gasteiger partial charge in [-0.05, 0) is 13.5 Å². The van der Waals surface area contributed by atoms with Crippen molar-refractivity contribution >= 4 is 25.2 Å². The van der Waals surface area contributed by atoms with Crippen LogP contribution in [0, 0.1) is 5.92 Å². The molecule has 1 rings (SSSR count). The van der Waals surface area contributed by atoms with Gasteiger partial charge >= 0.3 is 6.23 Å². The zero-order valence-corrected chi connectivity index (χ0v) is 9.28. The van der Waals surface area contributed by atoms with E-state index in [-0.39, 0.29) is 12.5 Å². The normalized spacial score (nSPS) is 33.4. The molecule has 0 amide bonds. The minimum absolute atomic E-state index is 0.237. The highest BCUT2D eigenvalue weighted by molar-refractivity contribution is 14.2. The summed E-state index contributed by atoms with van der Waals surface area (Å²) >= 11 is -0.781. The highest BCUT2D eigenvalue weighted by atomic mass is 127. The van der Waals surface area contributed by atoms with Crippen LogP contribution in [0.2, 0.25) is 0 Å². The summed E-state index contributed by atoms with van der Waals surface area (Å²) in [5.41, 5.74) is 0. The Morgan fingerprint density at radius 1 is 1.77 bits per heavy atom. The second kappa shape index (κ2) is 3.82. The van der Waals surface area contributed by atoms with E-state index in [0.29, 0.717) is 6.42 Å². The predicted octanol–water partition coefficient (Wildman–Crippen LogP) is 1.86. The second-order valence-electron chi connectivity index (χ2n) is 2.87. The molecule has 2 unspecified atom stereocenters. The third-order valence-electron chi connectivity index (χ3n) is 1.93. The summed E-state index contributed by atoms with van der Waals surface area (Å²) in [5, 5.41) is 1.69. The summed E-state index contributed by atoms with van der Waals surface area (Å²) in [5.74, 6) is -0.378. The first kappa shape index (κ1) is 11.4. The Morgan fingerprint density at radius 3 is 2.77 bits per heavy atom. The van der Waals surface area contributed by atoms with Crippen molar-refractivity contribution in [3.05, 3.63) is 0 Å². The first-order chi connectivity index (χ1) is 5.93. The third kappa shape index (κ3) is 2.88. The van der Waals surface area contributed by atoms with Gasteiger partial charge in [0.15, 0.2) is 3.68 Å². The van der Waals surface area contributed by atoms with Crippen molar-refractivity contribution in [3.63, 3.8) is 0 Å². The van der Waals surface area contributed by atoms with Gasteiger partial charge < -0.3 is 4.74 Å². The van der Waals surface area contributed by atoms with Gasteiger partial charge in [0.25, 0.3) is 0 Å². The summed E-state index contributed by atoms with van der Waals surface area (Å²) in [6.45, 7) is -0.237. The summed E-state index contributed by atoms with van der Waals surface area (Å²) < 4.78 is 44.5. The van der Waals surface area contributed by atoms with Crippen LogP contribution in [0.25, 0.3) is 0 Å². The fourth-order valence-corrected chi connectivity index (χ4v) is 2.54. The van der Waals surface area contributed by atoms with Gasteiger partial charge in [-0.15, -0.1) is 0 Å². The van der Waals surface area contributed by atoms with Gasteiger partial charge in [0.05, 0.1) is 6.61 Å². The predicted molar refractivity (Wildman–Crippen MR) is 53.0 cm³/mol. The standard InChI is InChI=1S/C7H11F3INO/c1-11-6(8)3-5(6)4-13-7(9,10)12-2/h5,12H,1,3-4H2,2H3. The van der Waals surface area contributed by atoms with Crippen LogP contribution in [0.4, 0.5) is 13.2 Å². The molecule has 0 aromatic carbocycles. The lowest BCUT2D eigenvalue weighted by Crippen LogP contribution is -2.36. The van der Waals surface area contributed by atoms with Crippen LogP contribution in [-0.2, 0) is 4.74 Å². The van der Waals surface area contributed by atoms with E-state index in [1.54, 1.807) is 5.32 Å². The van der Waals surface area contributed by atoms with Crippen LogP contribution in [0.1, 0.15) is 6.42 Å². The summed E-state index contributed by atoms with van der Waals surface area (Å²) in [6.07, 6.45) is -3.02. The van der Waals surface area contributed by atoms with Gasteiger partial charge in [-0.25, -0.2) is 9.71 Å². The van der Waals surface area contributed by atoms with E-state index in [2.05, 4.69) is 9.25 Å². The van der Waals surface area contributed by atoms with Crippen molar-refractivity contribution < 1.29 is 17.9 Å². The molecule has 78 valence electrons. The molecule has 2 atom stereocenters. The maximum Gasteiger partial charge on any atom is 0.421 e. The van der Waals surface area contributed by atoms with Gasteiger partial charge in [-0.2, -0.15) is 8.78 Å². The van der Waals surface area contributed by atoms with E-state index in [9.17, 15) is 13.2 Å². The molecule has 0 aromatic rings. The molecule has 0 heterocycles. The van der Waals surface area contributed by atoms with Crippen LogP contribution in [0.5, 0.6) is 0 Å². The largest absolute Gasteiger partial charge is 0.421 e. The van der Waals surface area contributed by atoms with Crippen molar-refractivity contribution in [1.82, 2.24) is 5.32 Å². The van der Waals surface area contributed by atoms with Crippen molar-refractivity contribution in [2.24, 2.45) is 5.92 Å². The lowest BCUT2D eigenvalue weighted by molar-refractivity contribution is -0.258. The molecular weight excluding hydrogens is 298 g/mol. The second-order valence-corrected chi connectivity index (χ2v) is 5.43. The monoisotopic (exact) mass is 309 g/mol. The number of alkyl halides is 4. The van der Waals surface area contributed by atoms with Gasteiger partial charge in [0.1, 0.15) is 0 Å². The minimum Gasteiger partial charge on any atom is -0.307 e. The third-order valence-corrected chi connectivity index (χ3v) is 4.52. The molecule has 13 heavy (non-hydrogen) atoms. The number of hydrogen-bond donors (Lipinski definition) is 1. The maximum absolute atomic E-state index is 13.2. The molecule has 0 aliphatic heterocycles. The van der Waals surface area contributed by atoms with Gasteiger partial charge in [-0.1, -0.05) is 25.2 Å². The molecule has 2 nitrogen and oxygen atoms in total. The number of nitrogens with one attached hydrogen (secondary N) is 1. The van der Waals surface area contributed by atoms with E-state index in [1.165, 1.54) is 0 Å². The summed E-state index contributed by atoms with van der Waals surface area (Å²) in [4.78, 5) is 0. The maximum atomic E-state index is 13.2. The van der Waals surface area contributed by atoms with E-state index < -0.39 is 30.6 Å². The van der Waals surface area contributed by atoms with E-state index in [4.69, 9.17) is 0 Å². The Morgan fingerprint density at radius 2 is 2.38 bits per heavy atom. The molecule has 1 fully saturated rings. The van der Waals surface area contributed by atoms with Crippen molar-refractivity contribution in [3.8, 4) is 0 Å². The van der Waals surface area contributed by atoms with Crippen LogP contribution >= 0.6 is 20.7 Å². The molecular formula is C7H11F3INO. The molecule has 0 saturated heterocycles. The van der Waals surface area contributed by atoms with E-state index >= 15 is 0 Å². The van der Waals surface area contributed by atoms with E-state index in [0.717, 1.165) is 7.05 Å². The van der Waals surface area contributed by atoms with E-state index in [1.807, 2.05) is 0 Å². The average Bonchev–Trinajstić information content (AvgIpc) is 2.75.